The summed E-state index contributed by atoms with van der Waals surface area (Å²) in [5, 5.41) is 14.0. The molecule has 2 N–H and O–H groups in total. The van der Waals surface area contributed by atoms with Gasteiger partial charge in [-0.2, -0.15) is 0 Å². The summed E-state index contributed by atoms with van der Waals surface area (Å²) >= 11 is 0. The van der Waals surface area contributed by atoms with E-state index in [1.807, 2.05) is 18.2 Å². The zero-order chi connectivity index (χ0) is 12.1. The summed E-state index contributed by atoms with van der Waals surface area (Å²) in [6.45, 7) is 2.06. The van der Waals surface area contributed by atoms with E-state index in [1.165, 1.54) is 5.56 Å². The van der Waals surface area contributed by atoms with Gasteiger partial charge in [0.2, 0.25) is 0 Å². The molecular weight excluding hydrogens is 214 g/mol. The summed E-state index contributed by atoms with van der Waals surface area (Å²) in [6.07, 6.45) is 2.97. The molecule has 0 saturated carbocycles. The van der Waals surface area contributed by atoms with Crippen molar-refractivity contribution in [2.75, 3.05) is 26.8 Å². The van der Waals surface area contributed by atoms with Crippen molar-refractivity contribution >= 4 is 0 Å². The molecule has 1 aliphatic carbocycles. The molecule has 1 unspecified atom stereocenters. The molecule has 17 heavy (non-hydrogen) atoms. The second kappa shape index (κ2) is 5.63. The zero-order valence-electron chi connectivity index (χ0n) is 10.4. The topological polar surface area (TPSA) is 41.5 Å². The first kappa shape index (κ1) is 12.6. The van der Waals surface area contributed by atoms with Crippen molar-refractivity contribution in [1.82, 2.24) is 5.32 Å². The van der Waals surface area contributed by atoms with Gasteiger partial charge in [-0.1, -0.05) is 24.3 Å². The van der Waals surface area contributed by atoms with E-state index in [2.05, 4.69) is 11.4 Å². The molecule has 1 aromatic carbocycles. The number of aryl methyl sites for hydroxylation is 1. The minimum absolute atomic E-state index is 0.605. The number of ether oxygens (including phenoxy) is 1. The van der Waals surface area contributed by atoms with Crippen molar-refractivity contribution in [3.63, 3.8) is 0 Å². The highest BCUT2D eigenvalue weighted by Gasteiger charge is 2.33. The largest absolute Gasteiger partial charge is 0.384 e. The first-order valence-corrected chi connectivity index (χ1v) is 6.27. The van der Waals surface area contributed by atoms with Crippen molar-refractivity contribution in [1.29, 1.82) is 0 Å². The molecule has 0 fully saturated rings. The highest BCUT2D eigenvalue weighted by atomic mass is 16.5. The maximum atomic E-state index is 10.7. The summed E-state index contributed by atoms with van der Waals surface area (Å²) in [5.74, 6) is 0. The van der Waals surface area contributed by atoms with Gasteiger partial charge in [0.1, 0.15) is 5.60 Å². The van der Waals surface area contributed by atoms with Crippen molar-refractivity contribution in [3.05, 3.63) is 35.4 Å². The Bertz CT molecular complexity index is 367. The lowest BCUT2D eigenvalue weighted by Gasteiger charge is -2.34. The molecule has 0 amide bonds. The Hall–Kier alpha value is -0.900. The third kappa shape index (κ3) is 2.86. The summed E-state index contributed by atoms with van der Waals surface area (Å²) in [7, 11) is 1.69. The van der Waals surface area contributed by atoms with E-state index < -0.39 is 5.60 Å². The Morgan fingerprint density at radius 3 is 3.06 bits per heavy atom. The van der Waals surface area contributed by atoms with Crippen molar-refractivity contribution in [2.24, 2.45) is 0 Å². The van der Waals surface area contributed by atoms with Gasteiger partial charge >= 0.3 is 0 Å². The SMILES string of the molecule is COCCNCC1(O)CCCc2ccccc21. The van der Waals surface area contributed by atoms with E-state index in [-0.39, 0.29) is 0 Å². The van der Waals surface area contributed by atoms with Gasteiger partial charge in [-0.25, -0.2) is 0 Å². The molecule has 1 aromatic rings. The number of nitrogens with one attached hydrogen (secondary N) is 1. The predicted octanol–water partition coefficient (Wildman–Crippen LogP) is 1.45. The molecule has 3 nitrogen and oxygen atoms in total. The normalized spacial score (nSPS) is 23.4. The molecule has 1 aliphatic rings. The molecule has 0 radical (unpaired) electrons. The summed E-state index contributed by atoms with van der Waals surface area (Å²) in [5.41, 5.74) is 1.67. The highest BCUT2D eigenvalue weighted by Crippen LogP contribution is 2.34. The molecule has 0 spiro atoms. The van der Waals surface area contributed by atoms with Gasteiger partial charge < -0.3 is 15.2 Å². The Morgan fingerprint density at radius 2 is 2.24 bits per heavy atom. The third-order valence-electron chi connectivity index (χ3n) is 3.46. The molecular formula is C14H21NO2. The van der Waals surface area contributed by atoms with E-state index in [0.29, 0.717) is 13.2 Å². The lowest BCUT2D eigenvalue weighted by atomic mass is 9.79. The van der Waals surface area contributed by atoms with E-state index in [0.717, 1.165) is 31.4 Å². The average molecular weight is 235 g/mol. The number of hydrogen-bond donors (Lipinski definition) is 2. The van der Waals surface area contributed by atoms with Crippen molar-refractivity contribution < 1.29 is 9.84 Å². The Kier molecular flexibility index (Phi) is 4.15. The van der Waals surface area contributed by atoms with Gasteiger partial charge in [0.15, 0.2) is 0 Å². The highest BCUT2D eigenvalue weighted by molar-refractivity contribution is 5.34. The Morgan fingerprint density at radius 1 is 1.41 bits per heavy atom. The van der Waals surface area contributed by atoms with Gasteiger partial charge in [-0.15, -0.1) is 0 Å². The molecule has 1 atom stereocenters. The molecule has 0 bridgehead atoms. The van der Waals surface area contributed by atoms with E-state index in [9.17, 15) is 5.11 Å². The summed E-state index contributed by atoms with van der Waals surface area (Å²) in [4.78, 5) is 0. The maximum absolute atomic E-state index is 10.7. The smallest absolute Gasteiger partial charge is 0.102 e. The van der Waals surface area contributed by atoms with E-state index in [4.69, 9.17) is 4.74 Å². The van der Waals surface area contributed by atoms with Gasteiger partial charge in [0, 0.05) is 20.2 Å². The van der Waals surface area contributed by atoms with Crippen LogP contribution in [0.5, 0.6) is 0 Å². The Balaban J connectivity index is 2.05. The monoisotopic (exact) mass is 235 g/mol. The fraction of sp³-hybridized carbons (Fsp3) is 0.571. The molecule has 0 aromatic heterocycles. The van der Waals surface area contributed by atoms with Crippen molar-refractivity contribution in [2.45, 2.75) is 24.9 Å². The van der Waals surface area contributed by atoms with E-state index >= 15 is 0 Å². The minimum atomic E-state index is -0.706. The second-order valence-corrected chi connectivity index (χ2v) is 4.71. The van der Waals surface area contributed by atoms with Crippen LogP contribution >= 0.6 is 0 Å². The van der Waals surface area contributed by atoms with Crippen LogP contribution in [0.1, 0.15) is 24.0 Å². The molecule has 0 heterocycles. The molecule has 0 aliphatic heterocycles. The average Bonchev–Trinajstić information content (AvgIpc) is 2.36. The number of benzene rings is 1. The molecule has 0 saturated heterocycles. The maximum Gasteiger partial charge on any atom is 0.102 e. The van der Waals surface area contributed by atoms with Gasteiger partial charge in [-0.3, -0.25) is 0 Å². The molecule has 2 rings (SSSR count). The molecule has 3 heteroatoms. The van der Waals surface area contributed by atoms with E-state index in [1.54, 1.807) is 7.11 Å². The lowest BCUT2D eigenvalue weighted by Crippen LogP contribution is -2.41. The van der Waals surface area contributed by atoms with Crippen LogP contribution < -0.4 is 5.32 Å². The van der Waals surface area contributed by atoms with Crippen LogP contribution in [0.2, 0.25) is 0 Å². The van der Waals surface area contributed by atoms with Crippen LogP contribution in [0, 0.1) is 0 Å². The Labute approximate surface area is 103 Å². The van der Waals surface area contributed by atoms with Gasteiger partial charge in [0.05, 0.1) is 6.61 Å². The standard InChI is InChI=1S/C14H21NO2/c1-17-10-9-15-11-14(16)8-4-6-12-5-2-3-7-13(12)14/h2-3,5,7,15-16H,4,6,8-11H2,1H3. The number of fused-ring (bicyclic) bond motifs is 1. The van der Waals surface area contributed by atoms with Gasteiger partial charge in [0.25, 0.3) is 0 Å². The lowest BCUT2D eigenvalue weighted by molar-refractivity contribution is 0.0180. The van der Waals surface area contributed by atoms with Crippen molar-refractivity contribution in [3.8, 4) is 0 Å². The van der Waals surface area contributed by atoms with Crippen LogP contribution in [0.15, 0.2) is 24.3 Å². The van der Waals surface area contributed by atoms with Crippen LogP contribution in [-0.4, -0.2) is 31.9 Å². The summed E-state index contributed by atoms with van der Waals surface area (Å²) in [6, 6.07) is 8.22. The summed E-state index contributed by atoms with van der Waals surface area (Å²) < 4.78 is 4.99. The first-order valence-electron chi connectivity index (χ1n) is 6.27. The number of hydrogen-bond acceptors (Lipinski definition) is 3. The van der Waals surface area contributed by atoms with Crippen LogP contribution in [0.3, 0.4) is 0 Å². The fourth-order valence-electron chi connectivity index (χ4n) is 2.55. The fourth-order valence-corrected chi connectivity index (χ4v) is 2.55. The number of rotatable bonds is 5. The first-order chi connectivity index (χ1) is 8.26. The number of methoxy groups -OCH3 is 1. The predicted molar refractivity (Wildman–Crippen MR) is 68.0 cm³/mol. The minimum Gasteiger partial charge on any atom is -0.384 e. The molecule has 94 valence electrons. The van der Waals surface area contributed by atoms with Crippen LogP contribution in [0.4, 0.5) is 0 Å². The van der Waals surface area contributed by atoms with Gasteiger partial charge in [-0.05, 0) is 30.4 Å². The third-order valence-corrected chi connectivity index (χ3v) is 3.46. The number of aliphatic hydroxyl groups is 1. The second-order valence-electron chi connectivity index (χ2n) is 4.71. The van der Waals surface area contributed by atoms with Crippen LogP contribution in [-0.2, 0) is 16.8 Å². The zero-order valence-corrected chi connectivity index (χ0v) is 10.4. The quantitative estimate of drug-likeness (QED) is 0.759. The van der Waals surface area contributed by atoms with Crippen LogP contribution in [0.25, 0.3) is 0 Å².